The molecule has 2 aromatic rings. The van der Waals surface area contributed by atoms with E-state index in [1.54, 1.807) is 18.2 Å². The lowest BCUT2D eigenvalue weighted by molar-refractivity contribution is -0.142. The van der Waals surface area contributed by atoms with Gasteiger partial charge in [0.05, 0.1) is 24.1 Å². The minimum Gasteiger partial charge on any atom is -0.492 e. The van der Waals surface area contributed by atoms with Crippen LogP contribution in [-0.4, -0.2) is 19.7 Å². The number of halogens is 3. The standard InChI is InChI=1S/C17H15BrCl2O3/c1-22-17(21)13(12-7-6-11(19)10-15(12)20)8-9-23-16-5-3-2-4-14(16)18/h2-7,10,13H,8-9H2,1H3/t13-/m1/s1. The van der Waals surface area contributed by atoms with Crippen molar-refractivity contribution >= 4 is 45.1 Å². The maximum absolute atomic E-state index is 12.1. The molecule has 0 amide bonds. The topological polar surface area (TPSA) is 35.5 Å². The normalized spacial score (nSPS) is 11.8. The van der Waals surface area contributed by atoms with Crippen molar-refractivity contribution < 1.29 is 14.3 Å². The second kappa shape index (κ2) is 8.57. The molecule has 23 heavy (non-hydrogen) atoms. The van der Waals surface area contributed by atoms with Gasteiger partial charge in [-0.25, -0.2) is 0 Å². The monoisotopic (exact) mass is 416 g/mol. The Labute approximate surface area is 153 Å². The Hall–Kier alpha value is -1.23. The molecule has 0 radical (unpaired) electrons. The first-order valence-electron chi connectivity index (χ1n) is 6.93. The van der Waals surface area contributed by atoms with E-state index in [1.807, 2.05) is 24.3 Å². The predicted molar refractivity (Wildman–Crippen MR) is 95.5 cm³/mol. The van der Waals surface area contributed by atoms with Gasteiger partial charge < -0.3 is 9.47 Å². The van der Waals surface area contributed by atoms with E-state index in [1.165, 1.54) is 7.11 Å². The SMILES string of the molecule is COC(=O)[C@H](CCOc1ccccc1Br)c1ccc(Cl)cc1Cl. The second-order valence-electron chi connectivity index (χ2n) is 4.81. The van der Waals surface area contributed by atoms with Crippen molar-refractivity contribution in [2.75, 3.05) is 13.7 Å². The molecule has 0 aliphatic carbocycles. The van der Waals surface area contributed by atoms with E-state index >= 15 is 0 Å². The molecule has 0 bridgehead atoms. The van der Waals surface area contributed by atoms with Crippen molar-refractivity contribution in [1.82, 2.24) is 0 Å². The molecule has 0 spiro atoms. The molecule has 0 N–H and O–H groups in total. The Morgan fingerprint density at radius 3 is 2.61 bits per heavy atom. The average Bonchev–Trinajstić information content (AvgIpc) is 2.53. The highest BCUT2D eigenvalue weighted by molar-refractivity contribution is 9.10. The highest BCUT2D eigenvalue weighted by Crippen LogP contribution is 2.31. The van der Waals surface area contributed by atoms with E-state index in [0.29, 0.717) is 28.6 Å². The zero-order valence-electron chi connectivity index (χ0n) is 12.4. The molecule has 1 atom stereocenters. The van der Waals surface area contributed by atoms with Crippen molar-refractivity contribution in [3.63, 3.8) is 0 Å². The number of carbonyl (C=O) groups excluding carboxylic acids is 1. The fourth-order valence-electron chi connectivity index (χ4n) is 2.18. The molecule has 0 aliphatic rings. The van der Waals surface area contributed by atoms with Crippen LogP contribution in [0.3, 0.4) is 0 Å². The van der Waals surface area contributed by atoms with E-state index in [-0.39, 0.29) is 5.97 Å². The van der Waals surface area contributed by atoms with Crippen molar-refractivity contribution in [2.45, 2.75) is 12.3 Å². The molecule has 2 rings (SSSR count). The van der Waals surface area contributed by atoms with E-state index in [9.17, 15) is 4.79 Å². The first-order valence-corrected chi connectivity index (χ1v) is 8.48. The highest BCUT2D eigenvalue weighted by atomic mass is 79.9. The summed E-state index contributed by atoms with van der Waals surface area (Å²) in [5.41, 5.74) is 0.679. The summed E-state index contributed by atoms with van der Waals surface area (Å²) in [6.07, 6.45) is 0.440. The van der Waals surface area contributed by atoms with Gasteiger partial charge in [-0.15, -0.1) is 0 Å². The zero-order chi connectivity index (χ0) is 16.8. The lowest BCUT2D eigenvalue weighted by Crippen LogP contribution is -2.17. The summed E-state index contributed by atoms with van der Waals surface area (Å²) < 4.78 is 11.5. The van der Waals surface area contributed by atoms with Gasteiger partial charge in [-0.3, -0.25) is 4.79 Å². The van der Waals surface area contributed by atoms with Crippen LogP contribution >= 0.6 is 39.1 Å². The van der Waals surface area contributed by atoms with Crippen LogP contribution in [0.5, 0.6) is 5.75 Å². The lowest BCUT2D eigenvalue weighted by Gasteiger charge is -2.17. The van der Waals surface area contributed by atoms with E-state index in [2.05, 4.69) is 15.9 Å². The molecule has 0 saturated heterocycles. The highest BCUT2D eigenvalue weighted by Gasteiger charge is 2.24. The summed E-state index contributed by atoms with van der Waals surface area (Å²) >= 11 is 15.5. The van der Waals surface area contributed by atoms with Gasteiger partial charge in [-0.1, -0.05) is 41.4 Å². The summed E-state index contributed by atoms with van der Waals surface area (Å²) in [5, 5.41) is 0.959. The van der Waals surface area contributed by atoms with Crippen LogP contribution in [0.25, 0.3) is 0 Å². The minimum atomic E-state index is -0.507. The van der Waals surface area contributed by atoms with Gasteiger partial charge >= 0.3 is 5.97 Å². The molecule has 0 fully saturated rings. The summed E-state index contributed by atoms with van der Waals surface area (Å²) in [4.78, 5) is 12.1. The number of para-hydroxylation sites is 1. The Bertz CT molecular complexity index is 691. The van der Waals surface area contributed by atoms with Gasteiger partial charge in [0.15, 0.2) is 0 Å². The number of rotatable bonds is 6. The van der Waals surface area contributed by atoms with Gasteiger partial charge in [-0.05, 0) is 52.2 Å². The van der Waals surface area contributed by atoms with Crippen LogP contribution in [0, 0.1) is 0 Å². The van der Waals surface area contributed by atoms with Crippen molar-refractivity contribution in [3.8, 4) is 5.75 Å². The van der Waals surface area contributed by atoms with Crippen molar-refractivity contribution in [3.05, 3.63) is 62.5 Å². The Balaban J connectivity index is 2.10. The summed E-state index contributed by atoms with van der Waals surface area (Å²) in [6, 6.07) is 12.6. The largest absolute Gasteiger partial charge is 0.492 e. The lowest BCUT2D eigenvalue weighted by atomic mass is 9.96. The number of esters is 1. The van der Waals surface area contributed by atoms with Crippen molar-refractivity contribution in [2.24, 2.45) is 0 Å². The Morgan fingerprint density at radius 2 is 1.96 bits per heavy atom. The number of benzene rings is 2. The average molecular weight is 418 g/mol. The fraction of sp³-hybridized carbons (Fsp3) is 0.235. The Kier molecular flexibility index (Phi) is 6.75. The third-order valence-corrected chi connectivity index (χ3v) is 4.54. The number of carbonyl (C=O) groups is 1. The van der Waals surface area contributed by atoms with Gasteiger partial charge in [0.1, 0.15) is 5.75 Å². The number of methoxy groups -OCH3 is 1. The smallest absolute Gasteiger partial charge is 0.313 e. The molecule has 6 heteroatoms. The number of hydrogen-bond acceptors (Lipinski definition) is 3. The van der Waals surface area contributed by atoms with Crippen LogP contribution in [0.4, 0.5) is 0 Å². The predicted octanol–water partition coefficient (Wildman–Crippen LogP) is 5.48. The first-order chi connectivity index (χ1) is 11.0. The van der Waals surface area contributed by atoms with E-state index in [0.717, 1.165) is 10.2 Å². The molecule has 0 aromatic heterocycles. The molecular weight excluding hydrogens is 403 g/mol. The molecule has 122 valence electrons. The van der Waals surface area contributed by atoms with Crippen LogP contribution in [0.1, 0.15) is 17.9 Å². The van der Waals surface area contributed by atoms with Crippen LogP contribution < -0.4 is 4.74 Å². The molecule has 0 unspecified atom stereocenters. The minimum absolute atomic E-state index is 0.349. The maximum atomic E-state index is 12.1. The van der Waals surface area contributed by atoms with Gasteiger partial charge in [0.2, 0.25) is 0 Å². The number of ether oxygens (including phenoxy) is 2. The molecule has 0 heterocycles. The molecule has 0 aliphatic heterocycles. The third kappa shape index (κ3) is 4.87. The summed E-state index contributed by atoms with van der Waals surface area (Å²) in [7, 11) is 1.35. The molecular formula is C17H15BrCl2O3. The van der Waals surface area contributed by atoms with Crippen molar-refractivity contribution in [1.29, 1.82) is 0 Å². The van der Waals surface area contributed by atoms with E-state index < -0.39 is 5.92 Å². The van der Waals surface area contributed by atoms with Gasteiger partial charge in [-0.2, -0.15) is 0 Å². The van der Waals surface area contributed by atoms with Gasteiger partial charge in [0.25, 0.3) is 0 Å². The maximum Gasteiger partial charge on any atom is 0.313 e. The van der Waals surface area contributed by atoms with E-state index in [4.69, 9.17) is 32.7 Å². The second-order valence-corrected chi connectivity index (χ2v) is 6.51. The zero-order valence-corrected chi connectivity index (χ0v) is 15.5. The number of hydrogen-bond donors (Lipinski definition) is 0. The molecule has 3 nitrogen and oxygen atoms in total. The quantitative estimate of drug-likeness (QED) is 0.583. The first kappa shape index (κ1) is 18.1. The van der Waals surface area contributed by atoms with Crippen LogP contribution in [0.2, 0.25) is 10.0 Å². The fourth-order valence-corrected chi connectivity index (χ4v) is 3.11. The van der Waals surface area contributed by atoms with Gasteiger partial charge in [0, 0.05) is 10.0 Å². The molecule has 0 saturated carbocycles. The summed E-state index contributed by atoms with van der Waals surface area (Å²) in [5.74, 6) is -0.143. The van der Waals surface area contributed by atoms with Crippen LogP contribution in [-0.2, 0) is 9.53 Å². The summed E-state index contributed by atoms with van der Waals surface area (Å²) in [6.45, 7) is 0.349. The Morgan fingerprint density at radius 1 is 1.22 bits per heavy atom. The molecule has 2 aromatic carbocycles. The van der Waals surface area contributed by atoms with Crippen LogP contribution in [0.15, 0.2) is 46.9 Å². The third-order valence-electron chi connectivity index (χ3n) is 3.32.